The zero-order valence-electron chi connectivity index (χ0n) is 16.9. The molecule has 0 aliphatic rings. The zero-order valence-corrected chi connectivity index (χ0v) is 17.7. The summed E-state index contributed by atoms with van der Waals surface area (Å²) in [5.41, 5.74) is 4.61. The fourth-order valence-corrected chi connectivity index (χ4v) is 4.36. The van der Waals surface area contributed by atoms with Crippen LogP contribution < -0.4 is 11.1 Å². The minimum atomic E-state index is -4.78. The van der Waals surface area contributed by atoms with Gasteiger partial charge in [-0.2, -0.15) is 18.3 Å². The summed E-state index contributed by atoms with van der Waals surface area (Å²) in [6, 6.07) is 7.02. The van der Waals surface area contributed by atoms with Gasteiger partial charge in [0.15, 0.2) is 0 Å². The van der Waals surface area contributed by atoms with Crippen molar-refractivity contribution in [3.05, 3.63) is 64.7 Å². The quantitative estimate of drug-likeness (QED) is 0.407. The standard InChI is InChI=1S/C21H15F4N5O2S/c1-2-30-13(7-8-27-30)19(32)29-16-15-12(10-3-5-11(22)6-4-10)9-14(21(23,24)25)28-20(15)33-17(16)18(26)31/h3-9H,2H2,1H3,(H2,26,31)(H,29,32). The number of nitrogens with two attached hydrogens (primary N) is 1. The van der Waals surface area contributed by atoms with Crippen molar-refractivity contribution >= 4 is 39.1 Å². The highest BCUT2D eigenvalue weighted by Gasteiger charge is 2.35. The third kappa shape index (κ3) is 4.16. The maximum Gasteiger partial charge on any atom is 0.433 e. The third-order valence-corrected chi connectivity index (χ3v) is 5.92. The van der Waals surface area contributed by atoms with Gasteiger partial charge in [-0.25, -0.2) is 9.37 Å². The number of hydrogen-bond donors (Lipinski definition) is 2. The molecule has 0 bridgehead atoms. The Kier molecular flexibility index (Phi) is 5.62. The summed E-state index contributed by atoms with van der Waals surface area (Å²) >= 11 is 0.627. The highest BCUT2D eigenvalue weighted by atomic mass is 32.1. The molecule has 3 heterocycles. The Hall–Kier alpha value is -3.80. The number of hydrogen-bond acceptors (Lipinski definition) is 5. The van der Waals surface area contributed by atoms with Crippen LogP contribution in [0.15, 0.2) is 42.6 Å². The number of pyridine rings is 1. The van der Waals surface area contributed by atoms with Crippen LogP contribution in [-0.2, 0) is 12.7 Å². The molecule has 4 aromatic rings. The Morgan fingerprint density at radius 3 is 2.48 bits per heavy atom. The molecule has 33 heavy (non-hydrogen) atoms. The fraction of sp³-hybridized carbons (Fsp3) is 0.143. The minimum absolute atomic E-state index is 0.00961. The molecule has 170 valence electrons. The lowest BCUT2D eigenvalue weighted by molar-refractivity contribution is -0.140. The van der Waals surface area contributed by atoms with Crippen molar-refractivity contribution in [2.75, 3.05) is 5.32 Å². The first-order chi connectivity index (χ1) is 15.6. The van der Waals surface area contributed by atoms with Gasteiger partial charge in [-0.1, -0.05) is 12.1 Å². The van der Waals surface area contributed by atoms with Gasteiger partial charge in [0.05, 0.1) is 5.69 Å². The predicted octanol–water partition coefficient (Wildman–Crippen LogP) is 4.69. The molecule has 1 aromatic carbocycles. The van der Waals surface area contributed by atoms with Crippen LogP contribution in [0.3, 0.4) is 0 Å². The van der Waals surface area contributed by atoms with E-state index in [1.54, 1.807) is 6.92 Å². The molecule has 4 rings (SSSR count). The topological polar surface area (TPSA) is 103 Å². The second-order valence-electron chi connectivity index (χ2n) is 6.90. The van der Waals surface area contributed by atoms with E-state index >= 15 is 0 Å². The van der Waals surface area contributed by atoms with Crippen molar-refractivity contribution in [2.24, 2.45) is 5.73 Å². The summed E-state index contributed by atoms with van der Waals surface area (Å²) in [5.74, 6) is -2.16. The normalized spacial score (nSPS) is 11.7. The molecule has 0 aliphatic heterocycles. The van der Waals surface area contributed by atoms with Crippen LogP contribution in [0.1, 0.15) is 32.8 Å². The zero-order chi connectivity index (χ0) is 23.9. The fourth-order valence-electron chi connectivity index (χ4n) is 3.35. The van der Waals surface area contributed by atoms with Gasteiger partial charge in [-0.05, 0) is 42.3 Å². The van der Waals surface area contributed by atoms with Crippen LogP contribution in [0, 0.1) is 5.82 Å². The number of rotatable bonds is 5. The number of benzene rings is 1. The van der Waals surface area contributed by atoms with E-state index in [0.29, 0.717) is 17.9 Å². The Morgan fingerprint density at radius 1 is 1.18 bits per heavy atom. The molecule has 0 radical (unpaired) electrons. The number of aryl methyl sites for hydroxylation is 1. The van der Waals surface area contributed by atoms with Crippen molar-refractivity contribution in [3.63, 3.8) is 0 Å². The summed E-state index contributed by atoms with van der Waals surface area (Å²) in [6.07, 6.45) is -3.36. The second-order valence-corrected chi connectivity index (χ2v) is 7.90. The van der Waals surface area contributed by atoms with Crippen LogP contribution in [0.5, 0.6) is 0 Å². The number of amides is 2. The molecule has 0 unspecified atom stereocenters. The molecule has 0 saturated heterocycles. The van der Waals surface area contributed by atoms with Gasteiger partial charge in [0, 0.05) is 18.1 Å². The number of anilines is 1. The highest BCUT2D eigenvalue weighted by molar-refractivity contribution is 7.21. The molecule has 0 fully saturated rings. The largest absolute Gasteiger partial charge is 0.433 e. The van der Waals surface area contributed by atoms with E-state index < -0.39 is 29.5 Å². The molecular weight excluding hydrogens is 462 g/mol. The molecule has 0 saturated carbocycles. The van der Waals surface area contributed by atoms with Gasteiger partial charge < -0.3 is 11.1 Å². The number of nitrogens with zero attached hydrogens (tertiary/aromatic N) is 3. The van der Waals surface area contributed by atoms with Crippen LogP contribution >= 0.6 is 11.3 Å². The van der Waals surface area contributed by atoms with Gasteiger partial charge >= 0.3 is 6.18 Å². The van der Waals surface area contributed by atoms with E-state index in [-0.39, 0.29) is 37.6 Å². The third-order valence-electron chi connectivity index (χ3n) is 4.82. The Labute approximate surface area is 187 Å². The molecule has 0 aliphatic carbocycles. The molecule has 0 atom stereocenters. The first kappa shape index (κ1) is 22.4. The lowest BCUT2D eigenvalue weighted by Gasteiger charge is -2.13. The molecule has 2 amide bonds. The smallest absolute Gasteiger partial charge is 0.365 e. The summed E-state index contributed by atoms with van der Waals surface area (Å²) in [6.45, 7) is 2.16. The van der Waals surface area contributed by atoms with Crippen molar-refractivity contribution in [1.29, 1.82) is 0 Å². The van der Waals surface area contributed by atoms with Crippen LogP contribution in [0.4, 0.5) is 23.2 Å². The molecule has 3 N–H and O–H groups in total. The number of alkyl halides is 3. The summed E-state index contributed by atoms with van der Waals surface area (Å²) in [4.78, 5) is 28.4. The average molecular weight is 477 g/mol. The molecule has 0 spiro atoms. The first-order valence-electron chi connectivity index (χ1n) is 9.53. The van der Waals surface area contributed by atoms with Gasteiger partial charge in [-0.3, -0.25) is 14.3 Å². The van der Waals surface area contributed by atoms with E-state index in [4.69, 9.17) is 5.73 Å². The molecular formula is C21H15F4N5O2S. The lowest BCUT2D eigenvalue weighted by Crippen LogP contribution is -2.20. The Balaban J connectivity index is 1.98. The van der Waals surface area contributed by atoms with E-state index in [0.717, 1.165) is 18.2 Å². The molecule has 12 heteroatoms. The van der Waals surface area contributed by atoms with Gasteiger partial charge in [-0.15, -0.1) is 11.3 Å². The van der Waals surface area contributed by atoms with E-state index in [9.17, 15) is 27.2 Å². The number of halogens is 4. The minimum Gasteiger partial charge on any atom is -0.365 e. The number of fused-ring (bicyclic) bond motifs is 1. The van der Waals surface area contributed by atoms with E-state index in [2.05, 4.69) is 15.4 Å². The number of thiophene rings is 1. The Bertz CT molecular complexity index is 1380. The lowest BCUT2D eigenvalue weighted by atomic mass is 10.0. The van der Waals surface area contributed by atoms with Crippen molar-refractivity contribution in [3.8, 4) is 11.1 Å². The molecule has 3 aromatic heterocycles. The van der Waals surface area contributed by atoms with Crippen molar-refractivity contribution in [2.45, 2.75) is 19.6 Å². The maximum absolute atomic E-state index is 13.5. The molecule has 7 nitrogen and oxygen atoms in total. The SMILES string of the molecule is CCn1nccc1C(=O)Nc1c(C(N)=O)sc2nc(C(F)(F)F)cc(-c3ccc(F)cc3)c12. The van der Waals surface area contributed by atoms with Gasteiger partial charge in [0.2, 0.25) is 0 Å². The predicted molar refractivity (Wildman–Crippen MR) is 114 cm³/mol. The number of primary amides is 1. The van der Waals surface area contributed by atoms with Gasteiger partial charge in [0.1, 0.15) is 26.9 Å². The summed E-state index contributed by atoms with van der Waals surface area (Å²) < 4.78 is 55.5. The average Bonchev–Trinajstić information content (AvgIpc) is 3.38. The van der Waals surface area contributed by atoms with Crippen LogP contribution in [0.25, 0.3) is 21.3 Å². The highest BCUT2D eigenvalue weighted by Crippen LogP contribution is 2.43. The Morgan fingerprint density at radius 2 is 1.88 bits per heavy atom. The summed E-state index contributed by atoms with van der Waals surface area (Å²) in [5, 5.41) is 6.68. The van der Waals surface area contributed by atoms with Crippen LogP contribution in [-0.4, -0.2) is 26.6 Å². The van der Waals surface area contributed by atoms with Crippen molar-refractivity contribution in [1.82, 2.24) is 14.8 Å². The van der Waals surface area contributed by atoms with Crippen molar-refractivity contribution < 1.29 is 27.2 Å². The van der Waals surface area contributed by atoms with Gasteiger partial charge in [0.25, 0.3) is 11.8 Å². The number of aromatic nitrogens is 3. The number of nitrogens with one attached hydrogen (secondary N) is 1. The van der Waals surface area contributed by atoms with E-state index in [1.807, 2.05) is 0 Å². The second kappa shape index (κ2) is 8.28. The van der Waals surface area contributed by atoms with E-state index in [1.165, 1.54) is 29.1 Å². The van der Waals surface area contributed by atoms with Crippen LogP contribution in [0.2, 0.25) is 0 Å². The summed E-state index contributed by atoms with van der Waals surface area (Å²) in [7, 11) is 0. The number of carbonyl (C=O) groups excluding carboxylic acids is 2. The first-order valence-corrected chi connectivity index (χ1v) is 10.4. The maximum atomic E-state index is 13.5. The number of carbonyl (C=O) groups is 2. The monoisotopic (exact) mass is 477 g/mol.